The lowest BCUT2D eigenvalue weighted by Gasteiger charge is -2.31. The maximum Gasteiger partial charge on any atom is 0.324 e. The lowest BCUT2D eigenvalue weighted by molar-refractivity contribution is -0.137. The number of aliphatic carboxylic acids is 1. The van der Waals surface area contributed by atoms with Crippen LogP contribution in [0.15, 0.2) is 0 Å². The number of rotatable bonds is 11. The fraction of sp³-hybridized carbons (Fsp3) is 0.824. The molecule has 1 saturated heterocycles. The fourth-order valence-corrected chi connectivity index (χ4v) is 3.39. The largest absolute Gasteiger partial charge is 0.481 e. The van der Waals surface area contributed by atoms with Crippen LogP contribution in [0.5, 0.6) is 0 Å². The summed E-state index contributed by atoms with van der Waals surface area (Å²) in [4.78, 5) is 35.8. The zero-order valence-electron chi connectivity index (χ0n) is 14.1. The second kappa shape index (κ2) is 9.01. The first-order chi connectivity index (χ1) is 11.5. The molecule has 24 heavy (non-hydrogen) atoms. The molecule has 1 saturated carbocycles. The molecule has 0 aromatic heterocycles. The number of hydrogen-bond donors (Lipinski definition) is 3. The van der Waals surface area contributed by atoms with Crippen molar-refractivity contribution in [3.63, 3.8) is 0 Å². The average Bonchev–Trinajstić information content (AvgIpc) is 2.72. The Morgan fingerprint density at radius 2 is 1.92 bits per heavy atom. The molecule has 2 aliphatic rings. The van der Waals surface area contributed by atoms with E-state index >= 15 is 0 Å². The maximum atomic E-state index is 11.9. The van der Waals surface area contributed by atoms with Gasteiger partial charge in [-0.2, -0.15) is 0 Å². The van der Waals surface area contributed by atoms with Crippen LogP contribution in [0.4, 0.5) is 4.79 Å². The summed E-state index contributed by atoms with van der Waals surface area (Å²) in [6.45, 7) is 0.402. The Hall–Kier alpha value is -1.63. The molecule has 7 heteroatoms. The van der Waals surface area contributed by atoms with Gasteiger partial charge in [0.15, 0.2) is 0 Å². The number of carboxylic acid groups (broad SMARTS) is 1. The molecule has 0 bridgehead atoms. The fourth-order valence-electron chi connectivity index (χ4n) is 3.39. The number of carbonyl (C=O) groups excluding carboxylic acids is 2. The van der Waals surface area contributed by atoms with Crippen LogP contribution in [-0.4, -0.2) is 51.7 Å². The van der Waals surface area contributed by atoms with Crippen LogP contribution in [0.1, 0.15) is 64.2 Å². The van der Waals surface area contributed by atoms with Crippen molar-refractivity contribution < 1.29 is 24.6 Å². The first kappa shape index (κ1) is 18.7. The third-order valence-electron chi connectivity index (χ3n) is 5.15. The molecule has 2 unspecified atom stereocenters. The van der Waals surface area contributed by atoms with E-state index in [2.05, 4.69) is 5.32 Å². The molecule has 7 nitrogen and oxygen atoms in total. The van der Waals surface area contributed by atoms with Crippen LogP contribution in [0, 0.1) is 5.92 Å². The van der Waals surface area contributed by atoms with Gasteiger partial charge in [-0.3, -0.25) is 14.9 Å². The second-order valence-corrected chi connectivity index (χ2v) is 6.90. The van der Waals surface area contributed by atoms with E-state index in [0.29, 0.717) is 31.7 Å². The van der Waals surface area contributed by atoms with Gasteiger partial charge < -0.3 is 15.1 Å². The Bertz CT molecular complexity index is 464. The molecule has 1 aliphatic carbocycles. The van der Waals surface area contributed by atoms with Crippen molar-refractivity contribution in [3.05, 3.63) is 0 Å². The maximum absolute atomic E-state index is 11.9. The van der Waals surface area contributed by atoms with Crippen LogP contribution < -0.4 is 5.32 Å². The van der Waals surface area contributed by atoms with Crippen molar-refractivity contribution in [3.8, 4) is 0 Å². The van der Waals surface area contributed by atoms with E-state index in [-0.39, 0.29) is 24.5 Å². The molecule has 2 atom stereocenters. The van der Waals surface area contributed by atoms with Crippen molar-refractivity contribution >= 4 is 17.9 Å². The molecule has 136 valence electrons. The number of aliphatic hydroxyl groups excluding tert-OH is 1. The topological polar surface area (TPSA) is 107 Å². The molecule has 2 fully saturated rings. The minimum atomic E-state index is -0.785. The smallest absolute Gasteiger partial charge is 0.324 e. The number of amides is 3. The molecular formula is C17H28N2O5. The number of unbranched alkanes of at least 4 members (excludes halogenated alkanes) is 3. The highest BCUT2D eigenvalue weighted by Gasteiger charge is 2.38. The molecule has 0 radical (unpaired) electrons. The molecule has 1 aliphatic heterocycles. The van der Waals surface area contributed by atoms with Gasteiger partial charge in [0.25, 0.3) is 5.91 Å². The standard InChI is InChI=1S/C17H28N2O5/c20-14(12-6-5-7-12)10-11-19-13(16(23)18-17(19)24)8-3-1-2-4-9-15(21)22/h12-14,20H,1-11H2,(H,21,22)(H,18,23,24). The van der Waals surface area contributed by atoms with Gasteiger partial charge in [-0.15, -0.1) is 0 Å². The highest BCUT2D eigenvalue weighted by Crippen LogP contribution is 2.31. The number of nitrogens with one attached hydrogen (secondary N) is 1. The summed E-state index contributed by atoms with van der Waals surface area (Å²) >= 11 is 0. The summed E-state index contributed by atoms with van der Waals surface area (Å²) in [7, 11) is 0. The number of imide groups is 1. The van der Waals surface area contributed by atoms with E-state index in [1.165, 1.54) is 0 Å². The molecule has 0 aromatic carbocycles. The van der Waals surface area contributed by atoms with Crippen LogP contribution in [-0.2, 0) is 9.59 Å². The molecular weight excluding hydrogens is 312 g/mol. The Morgan fingerprint density at radius 1 is 1.21 bits per heavy atom. The predicted molar refractivity (Wildman–Crippen MR) is 87.3 cm³/mol. The Balaban J connectivity index is 1.70. The molecule has 3 N–H and O–H groups in total. The summed E-state index contributed by atoms with van der Waals surface area (Å²) in [5, 5.41) is 21.0. The van der Waals surface area contributed by atoms with Gasteiger partial charge in [0, 0.05) is 13.0 Å². The number of carboxylic acids is 1. The zero-order valence-corrected chi connectivity index (χ0v) is 14.1. The number of carbonyl (C=O) groups is 3. The monoisotopic (exact) mass is 340 g/mol. The van der Waals surface area contributed by atoms with Gasteiger partial charge in [-0.1, -0.05) is 25.7 Å². The van der Waals surface area contributed by atoms with Gasteiger partial charge in [-0.25, -0.2) is 4.79 Å². The second-order valence-electron chi connectivity index (χ2n) is 6.90. The van der Waals surface area contributed by atoms with Crippen molar-refractivity contribution in [2.45, 2.75) is 76.4 Å². The molecule has 1 heterocycles. The number of hydrogen-bond acceptors (Lipinski definition) is 4. The van der Waals surface area contributed by atoms with E-state index in [1.807, 2.05) is 0 Å². The Morgan fingerprint density at radius 3 is 2.54 bits per heavy atom. The molecule has 0 aromatic rings. The minimum Gasteiger partial charge on any atom is -0.481 e. The van der Waals surface area contributed by atoms with Gasteiger partial charge in [0.1, 0.15) is 6.04 Å². The van der Waals surface area contributed by atoms with Crippen LogP contribution in [0.3, 0.4) is 0 Å². The minimum absolute atomic E-state index is 0.174. The van der Waals surface area contributed by atoms with Crippen LogP contribution in [0.2, 0.25) is 0 Å². The molecule has 0 spiro atoms. The summed E-state index contributed by atoms with van der Waals surface area (Å²) in [6.07, 6.45) is 7.23. The lowest BCUT2D eigenvalue weighted by Crippen LogP contribution is -2.38. The average molecular weight is 340 g/mol. The number of urea groups is 1. The Kier molecular flexibility index (Phi) is 7.02. The summed E-state index contributed by atoms with van der Waals surface area (Å²) in [5.74, 6) is -0.699. The van der Waals surface area contributed by atoms with Crippen LogP contribution in [0.25, 0.3) is 0 Å². The first-order valence-electron chi connectivity index (χ1n) is 9.00. The first-order valence-corrected chi connectivity index (χ1v) is 9.00. The van der Waals surface area contributed by atoms with E-state index < -0.39 is 12.0 Å². The van der Waals surface area contributed by atoms with E-state index in [4.69, 9.17) is 5.11 Å². The van der Waals surface area contributed by atoms with Crippen molar-refractivity contribution in [1.29, 1.82) is 0 Å². The highest BCUT2D eigenvalue weighted by molar-refractivity contribution is 6.04. The quantitative estimate of drug-likeness (QED) is 0.393. The predicted octanol–water partition coefficient (Wildman–Crippen LogP) is 1.88. The highest BCUT2D eigenvalue weighted by atomic mass is 16.4. The normalized spacial score (nSPS) is 22.4. The van der Waals surface area contributed by atoms with Gasteiger partial charge in [0.05, 0.1) is 6.10 Å². The van der Waals surface area contributed by atoms with Crippen molar-refractivity contribution in [1.82, 2.24) is 10.2 Å². The zero-order chi connectivity index (χ0) is 17.5. The van der Waals surface area contributed by atoms with Crippen LogP contribution >= 0.6 is 0 Å². The third-order valence-corrected chi connectivity index (χ3v) is 5.15. The number of nitrogens with zero attached hydrogens (tertiary/aromatic N) is 1. The van der Waals surface area contributed by atoms with Gasteiger partial charge in [-0.05, 0) is 38.0 Å². The van der Waals surface area contributed by atoms with Crippen molar-refractivity contribution in [2.24, 2.45) is 5.92 Å². The lowest BCUT2D eigenvalue weighted by atomic mass is 9.80. The Labute approximate surface area is 142 Å². The van der Waals surface area contributed by atoms with E-state index in [0.717, 1.165) is 38.5 Å². The van der Waals surface area contributed by atoms with E-state index in [9.17, 15) is 19.5 Å². The molecule has 2 rings (SSSR count). The van der Waals surface area contributed by atoms with E-state index in [1.54, 1.807) is 4.90 Å². The summed E-state index contributed by atoms with van der Waals surface area (Å²) < 4.78 is 0. The number of aliphatic hydroxyl groups is 1. The van der Waals surface area contributed by atoms with Gasteiger partial charge in [0.2, 0.25) is 0 Å². The summed E-state index contributed by atoms with van der Waals surface area (Å²) in [6, 6.07) is -0.817. The summed E-state index contributed by atoms with van der Waals surface area (Å²) in [5.41, 5.74) is 0. The van der Waals surface area contributed by atoms with Crippen molar-refractivity contribution in [2.75, 3.05) is 6.54 Å². The SMILES string of the molecule is O=C(O)CCCCCCC1C(=O)NC(=O)N1CCC(O)C1CCC1. The third kappa shape index (κ3) is 5.19. The van der Waals surface area contributed by atoms with Gasteiger partial charge >= 0.3 is 12.0 Å². The molecule has 3 amide bonds.